The number of hydrogen-bond acceptors (Lipinski definition) is 4. The second kappa shape index (κ2) is 16.8. The van der Waals surface area contributed by atoms with E-state index >= 15 is 0 Å². The predicted molar refractivity (Wildman–Crippen MR) is 113 cm³/mol. The fourth-order valence-electron chi connectivity index (χ4n) is 3.26. The van der Waals surface area contributed by atoms with Crippen molar-refractivity contribution in [3.05, 3.63) is 0 Å². The molecule has 0 fully saturated rings. The Morgan fingerprint density at radius 3 is 0.815 bits per heavy atom. The van der Waals surface area contributed by atoms with Crippen molar-refractivity contribution in [2.75, 3.05) is 0 Å². The molecular formula is C20H44O4P2Zn. The third kappa shape index (κ3) is 12.3. The first kappa shape index (κ1) is 32.7. The molecule has 4 unspecified atom stereocenters. The molecule has 0 saturated heterocycles. The van der Waals surface area contributed by atoms with Gasteiger partial charge in [0, 0.05) is 14.7 Å². The summed E-state index contributed by atoms with van der Waals surface area (Å²) in [4.78, 5) is 23.7. The maximum absolute atomic E-state index is 11.8. The normalized spacial score (nSPS) is 19.9. The minimum Gasteiger partial charge on any atom is -0.799 e. The van der Waals surface area contributed by atoms with Gasteiger partial charge in [0.15, 0.2) is 0 Å². The summed E-state index contributed by atoms with van der Waals surface area (Å²) in [7, 11) is -6.32. The van der Waals surface area contributed by atoms with Crippen molar-refractivity contribution in [1.82, 2.24) is 0 Å². The van der Waals surface area contributed by atoms with Crippen molar-refractivity contribution in [2.45, 2.75) is 129 Å². The van der Waals surface area contributed by atoms with Crippen molar-refractivity contribution >= 4 is 14.7 Å². The van der Waals surface area contributed by atoms with E-state index in [0.717, 1.165) is 51.4 Å². The number of hydrogen-bond donors (Lipinski definition) is 0. The number of rotatable bonds is 12. The zero-order valence-electron chi connectivity index (χ0n) is 19.2. The first-order valence-corrected chi connectivity index (χ1v) is 14.1. The minimum absolute atomic E-state index is 0. The van der Waals surface area contributed by atoms with Crippen LogP contribution in [0, 0.1) is 0 Å². The summed E-state index contributed by atoms with van der Waals surface area (Å²) < 4.78 is 23.7. The summed E-state index contributed by atoms with van der Waals surface area (Å²) >= 11 is 0. The van der Waals surface area contributed by atoms with Crippen LogP contribution in [0.5, 0.6) is 0 Å². The standard InChI is InChI=1S/2C10H23O2P.Zn/c2*1-5-7-9(3)13(11,12)10(4)8-6-2;/h2*9-10H,5-8H2,1-4H3,(H,11,12);/q;;+2/p-2. The summed E-state index contributed by atoms with van der Waals surface area (Å²) in [5, 5.41) is 0. The predicted octanol–water partition coefficient (Wildman–Crippen LogP) is 6.00. The fourth-order valence-corrected chi connectivity index (χ4v) is 7.47. The average Bonchev–Trinajstić information content (AvgIpc) is 2.56. The summed E-state index contributed by atoms with van der Waals surface area (Å²) in [5.41, 5.74) is -0.559. The average molecular weight is 476 g/mol. The van der Waals surface area contributed by atoms with Gasteiger partial charge in [-0.1, -0.05) is 81.1 Å². The zero-order chi connectivity index (χ0) is 21.0. The van der Waals surface area contributed by atoms with E-state index in [0.29, 0.717) is 0 Å². The molecule has 0 bridgehead atoms. The molecule has 0 radical (unpaired) electrons. The van der Waals surface area contributed by atoms with Gasteiger partial charge in [0.05, 0.1) is 0 Å². The van der Waals surface area contributed by atoms with Crippen LogP contribution in [0.15, 0.2) is 0 Å². The van der Waals surface area contributed by atoms with Crippen LogP contribution < -0.4 is 9.79 Å². The van der Waals surface area contributed by atoms with E-state index in [1.165, 1.54) is 0 Å². The molecule has 4 atom stereocenters. The van der Waals surface area contributed by atoms with Crippen molar-refractivity contribution in [3.8, 4) is 0 Å². The molecule has 0 aromatic heterocycles. The van der Waals surface area contributed by atoms with Crippen LogP contribution in [-0.4, -0.2) is 22.6 Å². The molecule has 4 nitrogen and oxygen atoms in total. The van der Waals surface area contributed by atoms with Crippen molar-refractivity contribution < 1.29 is 38.4 Å². The van der Waals surface area contributed by atoms with Crippen LogP contribution in [0.4, 0.5) is 0 Å². The summed E-state index contributed by atoms with van der Waals surface area (Å²) in [5.74, 6) is 0. The topological polar surface area (TPSA) is 80.3 Å². The Kier molecular flexibility index (Phi) is 20.3. The zero-order valence-corrected chi connectivity index (χ0v) is 24.0. The molecule has 0 aliphatic heterocycles. The molecule has 0 aliphatic rings. The van der Waals surface area contributed by atoms with Gasteiger partial charge < -0.3 is 18.9 Å². The third-order valence-corrected chi connectivity index (χ3v) is 11.2. The molecular weight excluding hydrogens is 432 g/mol. The van der Waals surface area contributed by atoms with Crippen molar-refractivity contribution in [1.29, 1.82) is 0 Å². The molecule has 0 aromatic rings. The van der Waals surface area contributed by atoms with Crippen LogP contribution in [0.25, 0.3) is 0 Å². The van der Waals surface area contributed by atoms with Gasteiger partial charge in [0.1, 0.15) is 0 Å². The van der Waals surface area contributed by atoms with Gasteiger partial charge in [-0.3, -0.25) is 0 Å². The second-order valence-electron chi connectivity index (χ2n) is 7.84. The molecule has 0 rings (SSSR count). The van der Waals surface area contributed by atoms with Gasteiger partial charge >= 0.3 is 19.5 Å². The van der Waals surface area contributed by atoms with E-state index < -0.39 is 14.7 Å². The quantitative estimate of drug-likeness (QED) is 0.256. The van der Waals surface area contributed by atoms with Crippen molar-refractivity contribution in [3.63, 3.8) is 0 Å². The first-order valence-electron chi connectivity index (χ1n) is 10.5. The van der Waals surface area contributed by atoms with Crippen LogP contribution in [-0.2, 0) is 28.6 Å². The Balaban J connectivity index is -0.000000411. The molecule has 0 amide bonds. The molecule has 0 aromatic carbocycles. The van der Waals surface area contributed by atoms with E-state index in [1.807, 2.05) is 55.4 Å². The monoisotopic (exact) mass is 474 g/mol. The Labute approximate surface area is 182 Å². The molecule has 7 heteroatoms. The SMILES string of the molecule is CCCC(C)P(=O)([O-])C(C)CCC.CCCC(C)P(=O)([O-])C(C)CCC.[Zn+2]. The summed E-state index contributed by atoms with van der Waals surface area (Å²) in [6.45, 7) is 15.5. The maximum Gasteiger partial charge on any atom is 2.00 e. The fraction of sp³-hybridized carbons (Fsp3) is 1.00. The molecule has 0 saturated carbocycles. The van der Waals surface area contributed by atoms with E-state index in [-0.39, 0.29) is 42.1 Å². The molecule has 0 spiro atoms. The van der Waals surface area contributed by atoms with Crippen LogP contribution in [0.2, 0.25) is 0 Å². The Morgan fingerprint density at radius 2 is 0.704 bits per heavy atom. The Morgan fingerprint density at radius 1 is 0.556 bits per heavy atom. The van der Waals surface area contributed by atoms with Gasteiger partial charge in [0.25, 0.3) is 0 Å². The Hall–Kier alpha value is 1.00. The Bertz CT molecular complexity index is 374. The van der Waals surface area contributed by atoms with E-state index in [2.05, 4.69) is 0 Å². The first-order chi connectivity index (χ1) is 11.9. The largest absolute Gasteiger partial charge is 2.00 e. The minimum atomic E-state index is -3.16. The molecule has 27 heavy (non-hydrogen) atoms. The van der Waals surface area contributed by atoms with Gasteiger partial charge in [-0.25, -0.2) is 0 Å². The second-order valence-corrected chi connectivity index (χ2v) is 13.9. The smallest absolute Gasteiger partial charge is 0.799 e. The van der Waals surface area contributed by atoms with Crippen molar-refractivity contribution in [2.24, 2.45) is 0 Å². The van der Waals surface area contributed by atoms with Crippen LogP contribution in [0.1, 0.15) is 107 Å². The van der Waals surface area contributed by atoms with Gasteiger partial charge in [-0.2, -0.15) is 0 Å². The van der Waals surface area contributed by atoms with Crippen LogP contribution >= 0.6 is 14.7 Å². The molecule has 0 N–H and O–H groups in total. The summed E-state index contributed by atoms with van der Waals surface area (Å²) in [6.07, 6.45) is 7.00. The maximum atomic E-state index is 11.8. The van der Waals surface area contributed by atoms with Gasteiger partial charge in [-0.15, -0.1) is 0 Å². The molecule has 0 aliphatic carbocycles. The van der Waals surface area contributed by atoms with E-state index in [4.69, 9.17) is 0 Å². The van der Waals surface area contributed by atoms with E-state index in [1.54, 1.807) is 0 Å². The summed E-state index contributed by atoms with van der Waals surface area (Å²) in [6, 6.07) is 0. The van der Waals surface area contributed by atoms with Gasteiger partial charge in [0.2, 0.25) is 0 Å². The van der Waals surface area contributed by atoms with Crippen LogP contribution in [0.3, 0.4) is 0 Å². The van der Waals surface area contributed by atoms with Gasteiger partial charge in [-0.05, 0) is 48.3 Å². The molecule has 0 heterocycles. The molecule has 160 valence electrons. The third-order valence-electron chi connectivity index (χ3n) is 5.28. The van der Waals surface area contributed by atoms with E-state index in [9.17, 15) is 18.9 Å².